The molecule has 2 aromatic carbocycles. The molecule has 0 atom stereocenters. The second kappa shape index (κ2) is 6.59. The quantitative estimate of drug-likeness (QED) is 0.492. The molecule has 0 aliphatic heterocycles. The number of hydrogen-bond donors (Lipinski definition) is 0. The smallest absolute Gasteiger partial charge is 0.419 e. The lowest BCUT2D eigenvalue weighted by atomic mass is 10.0. The molecule has 0 saturated heterocycles. The average Bonchev–Trinajstić information content (AvgIpc) is 2.79. The summed E-state index contributed by atoms with van der Waals surface area (Å²) in [5.41, 5.74) is 2.75. The number of para-hydroxylation sites is 1. The monoisotopic (exact) mass is 433 g/mol. The molecular weight excluding hydrogens is 413 g/mol. The van der Waals surface area contributed by atoms with Gasteiger partial charge in [-0.2, -0.15) is 0 Å². The molecule has 124 valence electrons. The van der Waals surface area contributed by atoms with Crippen molar-refractivity contribution >= 4 is 39.6 Å². The van der Waals surface area contributed by atoms with E-state index < -0.39 is 5.60 Å². The second-order valence-electron chi connectivity index (χ2n) is 6.76. The van der Waals surface area contributed by atoms with E-state index in [9.17, 15) is 4.79 Å². The summed E-state index contributed by atoms with van der Waals surface area (Å²) in [6, 6.07) is 18.3. The minimum absolute atomic E-state index is 0.331. The zero-order valence-corrected chi connectivity index (χ0v) is 16.2. The van der Waals surface area contributed by atoms with Gasteiger partial charge in [-0.05, 0) is 60.6 Å². The normalized spacial score (nSPS) is 11.7. The van der Waals surface area contributed by atoms with Crippen LogP contribution in [0.3, 0.4) is 0 Å². The Hall–Kier alpha value is -1.82. The molecule has 0 radical (unpaired) electrons. The minimum atomic E-state index is -0.523. The largest absolute Gasteiger partial charge is 0.443 e. The topological polar surface area (TPSA) is 31.2 Å². The van der Waals surface area contributed by atoms with Gasteiger partial charge >= 0.3 is 6.09 Å². The van der Waals surface area contributed by atoms with Crippen molar-refractivity contribution in [3.8, 4) is 0 Å². The summed E-state index contributed by atoms with van der Waals surface area (Å²) in [5, 5.41) is 1.09. The fourth-order valence-electron chi connectivity index (χ4n) is 2.73. The van der Waals surface area contributed by atoms with Crippen LogP contribution in [0.2, 0.25) is 0 Å². The highest BCUT2D eigenvalue weighted by Crippen LogP contribution is 2.30. The number of aromatic nitrogens is 1. The van der Waals surface area contributed by atoms with Crippen molar-refractivity contribution in [1.82, 2.24) is 4.57 Å². The molecule has 3 rings (SSSR count). The number of ether oxygens (including phenoxy) is 1. The Morgan fingerprint density at radius 1 is 1.04 bits per heavy atom. The number of benzene rings is 2. The summed E-state index contributed by atoms with van der Waals surface area (Å²) in [7, 11) is 0. The van der Waals surface area contributed by atoms with Gasteiger partial charge in [0.05, 0.1) is 9.22 Å². The third-order valence-electron chi connectivity index (χ3n) is 3.72. The van der Waals surface area contributed by atoms with E-state index in [0.29, 0.717) is 0 Å². The Balaban J connectivity index is 2.11. The lowest BCUT2D eigenvalue weighted by molar-refractivity contribution is 0.0540. The van der Waals surface area contributed by atoms with Gasteiger partial charge in [0.1, 0.15) is 5.60 Å². The van der Waals surface area contributed by atoms with Gasteiger partial charge in [-0.3, -0.25) is 0 Å². The molecule has 0 bridgehead atoms. The van der Waals surface area contributed by atoms with E-state index in [1.165, 1.54) is 5.56 Å². The zero-order valence-electron chi connectivity index (χ0n) is 14.0. The predicted octanol–water partition coefficient (Wildman–Crippen LogP) is 5.62. The molecule has 24 heavy (non-hydrogen) atoms. The van der Waals surface area contributed by atoms with Gasteiger partial charge in [0.15, 0.2) is 0 Å². The molecule has 0 aliphatic carbocycles. The Bertz CT molecular complexity index is 876. The average molecular weight is 433 g/mol. The van der Waals surface area contributed by atoms with E-state index >= 15 is 0 Å². The van der Waals surface area contributed by atoms with Gasteiger partial charge in [-0.1, -0.05) is 48.5 Å². The van der Waals surface area contributed by atoms with E-state index in [4.69, 9.17) is 4.74 Å². The molecule has 4 heteroatoms. The van der Waals surface area contributed by atoms with Crippen molar-refractivity contribution in [2.45, 2.75) is 32.8 Å². The van der Waals surface area contributed by atoms with Crippen LogP contribution < -0.4 is 0 Å². The first kappa shape index (κ1) is 17.0. The molecule has 0 amide bonds. The summed E-state index contributed by atoms with van der Waals surface area (Å²) in [6.45, 7) is 5.65. The maximum atomic E-state index is 12.7. The van der Waals surface area contributed by atoms with Crippen LogP contribution in [0.1, 0.15) is 31.9 Å². The van der Waals surface area contributed by atoms with Crippen LogP contribution in [0.25, 0.3) is 10.9 Å². The van der Waals surface area contributed by atoms with Crippen LogP contribution >= 0.6 is 22.6 Å². The molecule has 0 fully saturated rings. The third kappa shape index (κ3) is 3.48. The van der Waals surface area contributed by atoms with E-state index in [1.54, 1.807) is 4.57 Å². The molecule has 1 heterocycles. The zero-order chi connectivity index (χ0) is 17.3. The van der Waals surface area contributed by atoms with Crippen LogP contribution in [0.15, 0.2) is 54.6 Å². The van der Waals surface area contributed by atoms with Crippen molar-refractivity contribution in [3.05, 3.63) is 69.4 Å². The van der Waals surface area contributed by atoms with E-state index in [1.807, 2.05) is 57.2 Å². The molecule has 0 spiro atoms. The van der Waals surface area contributed by atoms with Crippen molar-refractivity contribution in [3.63, 3.8) is 0 Å². The van der Waals surface area contributed by atoms with Crippen LogP contribution in [0.4, 0.5) is 4.79 Å². The predicted molar refractivity (Wildman–Crippen MR) is 106 cm³/mol. The summed E-state index contributed by atoms with van der Waals surface area (Å²) in [4.78, 5) is 12.7. The Kier molecular flexibility index (Phi) is 4.67. The highest BCUT2D eigenvalue weighted by atomic mass is 127. The standard InChI is InChI=1S/C20H20INO2/c1-20(2,3)24-19(23)22-17-12-8-7-11-15(17)16(18(22)21)13-14-9-5-4-6-10-14/h4-12H,13H2,1-3H3. The molecule has 1 aromatic heterocycles. The van der Waals surface area contributed by atoms with E-state index in [0.717, 1.165) is 26.6 Å². The molecule has 3 aromatic rings. The first-order chi connectivity index (χ1) is 11.4. The molecule has 0 aliphatic rings. The molecule has 0 saturated carbocycles. The van der Waals surface area contributed by atoms with E-state index in [-0.39, 0.29) is 6.09 Å². The highest BCUT2D eigenvalue weighted by molar-refractivity contribution is 14.1. The van der Waals surface area contributed by atoms with E-state index in [2.05, 4.69) is 40.8 Å². The summed E-state index contributed by atoms with van der Waals surface area (Å²) >= 11 is 2.25. The Labute approximate surface area is 155 Å². The van der Waals surface area contributed by atoms with Crippen molar-refractivity contribution in [2.24, 2.45) is 0 Å². The maximum Gasteiger partial charge on any atom is 0.419 e. The number of rotatable bonds is 2. The fourth-order valence-corrected chi connectivity index (χ4v) is 3.67. The first-order valence-corrected chi connectivity index (χ1v) is 9.00. The Morgan fingerprint density at radius 2 is 1.67 bits per heavy atom. The third-order valence-corrected chi connectivity index (χ3v) is 4.85. The first-order valence-electron chi connectivity index (χ1n) is 7.92. The lowest BCUT2D eigenvalue weighted by Gasteiger charge is -2.20. The number of carbonyl (C=O) groups excluding carboxylic acids is 1. The number of halogens is 1. The number of hydrogen-bond acceptors (Lipinski definition) is 2. The number of nitrogens with zero attached hydrogens (tertiary/aromatic N) is 1. The van der Waals surface area contributed by atoms with Crippen molar-refractivity contribution < 1.29 is 9.53 Å². The van der Waals surface area contributed by atoms with Gasteiger partial charge in [0.2, 0.25) is 0 Å². The SMILES string of the molecule is CC(C)(C)OC(=O)n1c(I)c(Cc2ccccc2)c2ccccc21. The van der Waals surface area contributed by atoms with Crippen molar-refractivity contribution in [1.29, 1.82) is 0 Å². The fraction of sp³-hybridized carbons (Fsp3) is 0.250. The van der Waals surface area contributed by atoms with Gasteiger partial charge < -0.3 is 4.74 Å². The Morgan fingerprint density at radius 3 is 2.33 bits per heavy atom. The van der Waals surface area contributed by atoms with Gasteiger partial charge in [-0.25, -0.2) is 9.36 Å². The summed E-state index contributed by atoms with van der Waals surface area (Å²) in [5.74, 6) is 0. The maximum absolute atomic E-state index is 12.7. The lowest BCUT2D eigenvalue weighted by Crippen LogP contribution is -2.27. The molecular formula is C20H20INO2. The molecule has 0 unspecified atom stereocenters. The molecule has 3 nitrogen and oxygen atoms in total. The van der Waals surface area contributed by atoms with Crippen LogP contribution in [-0.2, 0) is 11.2 Å². The number of carbonyl (C=O) groups is 1. The minimum Gasteiger partial charge on any atom is -0.443 e. The van der Waals surface area contributed by atoms with Crippen LogP contribution in [-0.4, -0.2) is 16.3 Å². The van der Waals surface area contributed by atoms with Crippen molar-refractivity contribution in [2.75, 3.05) is 0 Å². The molecule has 0 N–H and O–H groups in total. The van der Waals surface area contributed by atoms with Gasteiger partial charge in [-0.15, -0.1) is 0 Å². The van der Waals surface area contributed by atoms with Crippen LogP contribution in [0, 0.1) is 3.70 Å². The van der Waals surface area contributed by atoms with Crippen LogP contribution in [0.5, 0.6) is 0 Å². The summed E-state index contributed by atoms with van der Waals surface area (Å²) in [6.07, 6.45) is 0.456. The highest BCUT2D eigenvalue weighted by Gasteiger charge is 2.24. The second-order valence-corrected chi connectivity index (χ2v) is 7.79. The summed E-state index contributed by atoms with van der Waals surface area (Å²) < 4.78 is 8.18. The van der Waals surface area contributed by atoms with Gasteiger partial charge in [0.25, 0.3) is 0 Å². The number of fused-ring (bicyclic) bond motifs is 1. The van der Waals surface area contributed by atoms with Gasteiger partial charge in [0, 0.05) is 11.8 Å².